The fraction of sp³-hybridized carbons (Fsp3) is 1.00. The van der Waals surface area contributed by atoms with Crippen molar-refractivity contribution in [3.8, 4) is 0 Å². The largest absolute Gasteiger partial charge is 0.582 e. The zero-order valence-electron chi connectivity index (χ0n) is 18.3. The van der Waals surface area contributed by atoms with Crippen LogP contribution in [0.25, 0.3) is 0 Å². The molecule has 0 N–H and O–H groups in total. The van der Waals surface area contributed by atoms with Gasteiger partial charge in [-0.2, -0.15) is 74.6 Å². The van der Waals surface area contributed by atoms with Gasteiger partial charge in [0.05, 0.1) is 0 Å². The van der Waals surface area contributed by atoms with E-state index in [9.17, 15) is 131 Å². The van der Waals surface area contributed by atoms with Crippen LogP contribution in [0, 0.1) is 0 Å². The molecule has 0 saturated carbocycles. The first-order valence-electron chi connectivity index (χ1n) is 8.68. The maximum atomic E-state index is 13.9. The Hall–Kier alpha value is -2.05. The summed E-state index contributed by atoms with van der Waals surface area (Å²) in [6.07, 6.45) is -35.8. The molecule has 0 fully saturated rings. The van der Waals surface area contributed by atoms with Crippen LogP contribution in [-0.2, 0) is 9.84 Å². The van der Waals surface area contributed by atoms with E-state index < -0.39 is 85.6 Å². The van der Waals surface area contributed by atoms with Gasteiger partial charge in [-0.05, 0) is 0 Å². The van der Waals surface area contributed by atoms with Crippen molar-refractivity contribution in [3.05, 3.63) is 0 Å². The van der Waals surface area contributed by atoms with Crippen molar-refractivity contribution in [2.24, 2.45) is 0 Å². The monoisotopic (exact) mass is 754 g/mol. The van der Waals surface area contributed by atoms with E-state index in [1.165, 1.54) is 0 Å². The second kappa shape index (κ2) is 9.73. The summed E-state index contributed by atoms with van der Waals surface area (Å²) in [5, 5.41) is -19.8. The molecule has 44 heavy (non-hydrogen) atoms. The molecule has 0 atom stereocenters. The molecule has 3 nitrogen and oxygen atoms in total. The molecule has 0 heterocycles. The first-order valence-corrected chi connectivity index (χ1v) is 10.2. The average molecular weight is 754 g/mol. The second-order valence-electron chi connectivity index (χ2n) is 7.52. The summed E-state index contributed by atoms with van der Waals surface area (Å²) < 4.78 is 379. The van der Waals surface area contributed by atoms with Crippen molar-refractivity contribution in [3.63, 3.8) is 0 Å². The highest BCUT2D eigenvalue weighted by Crippen LogP contribution is 2.67. The van der Waals surface area contributed by atoms with Gasteiger partial charge >= 0.3 is 81.1 Å². The highest BCUT2D eigenvalue weighted by atomic mass is 32.2. The van der Waals surface area contributed by atoms with Gasteiger partial charge in [-0.15, -0.1) is 48.3 Å². The Kier molecular flexibility index (Phi) is 9.28. The van der Waals surface area contributed by atoms with Crippen LogP contribution >= 0.6 is 0 Å². The van der Waals surface area contributed by atoms with Gasteiger partial charge < -0.3 is 0 Å². The van der Waals surface area contributed by atoms with Crippen LogP contribution in [0.4, 0.5) is 123 Å². The van der Waals surface area contributed by atoms with Crippen molar-refractivity contribution in [2.75, 3.05) is 0 Å². The maximum absolute atomic E-state index is 13.9. The molecule has 0 aliphatic rings. The minimum absolute atomic E-state index is 8.31. The first kappa shape index (κ1) is 41.9. The van der Waals surface area contributed by atoms with E-state index in [2.05, 4.69) is 0 Å². The van der Waals surface area contributed by atoms with E-state index in [0.717, 1.165) is 0 Å². The average Bonchev–Trinajstić information content (AvgIpc) is 2.68. The second-order valence-corrected chi connectivity index (χ2v) is 9.54. The summed E-state index contributed by atoms with van der Waals surface area (Å²) in [7, 11) is -11.0. The molecule has 0 aromatic rings. The molecule has 0 aliphatic carbocycles. The number of halogens is 28. The molecule has 266 valence electrons. The van der Waals surface area contributed by atoms with Gasteiger partial charge in [-0.1, -0.05) is 0 Å². The summed E-state index contributed by atoms with van der Waals surface area (Å²) in [5.74, 6) is -57.3. The van der Waals surface area contributed by atoms with E-state index in [-0.39, 0.29) is 0 Å². The molecule has 0 amide bonds. The smallest absolute Gasteiger partial charge is 0.209 e. The molecular weight excluding hydrogens is 754 g/mol. The quantitative estimate of drug-likeness (QED) is 0.135. The number of sulfone groups is 1. The topological polar surface area (TPSA) is 34.1 Å². The van der Waals surface area contributed by atoms with E-state index >= 15 is 0 Å². The molecule has 0 rings (SSSR count). The lowest BCUT2D eigenvalue weighted by Crippen LogP contribution is -2.83. The third kappa shape index (κ3) is 4.59. The van der Waals surface area contributed by atoms with Crippen LogP contribution in [0.3, 0.4) is 0 Å². The van der Waals surface area contributed by atoms with E-state index in [0.29, 0.717) is 0 Å². The Bertz CT molecular complexity index is 1140. The Labute approximate surface area is 218 Å². The molecule has 0 aromatic carbocycles. The van der Waals surface area contributed by atoms with Crippen LogP contribution in [0.5, 0.6) is 0 Å². The van der Waals surface area contributed by atoms with Crippen molar-refractivity contribution < 1.29 is 136 Å². The highest BCUT2D eigenvalue weighted by Gasteiger charge is 3.02. The normalized spacial score (nSPS) is 17.3. The van der Waals surface area contributed by atoms with Crippen molar-refractivity contribution in [1.82, 2.24) is 0 Å². The standard InChI is InChI=1S/C12F28NO2S/c13-1(14,3(17,18)5(21,22)7(25,26)27)2(15,16)4(19,20)6(23,24)8(28,29)44(42,43)12(39,40)41(9(30,31)32,10(33,34)35)11(36,37)38/q+1. The van der Waals surface area contributed by atoms with Gasteiger partial charge in [0.15, 0.2) is 0 Å². The van der Waals surface area contributed by atoms with Crippen LogP contribution in [0.15, 0.2) is 0 Å². The molecule has 0 aromatic heterocycles. The number of hydrogen-bond acceptors (Lipinski definition) is 2. The number of alkyl halides is 28. The molecule has 0 aliphatic heterocycles. The van der Waals surface area contributed by atoms with Crippen LogP contribution in [-0.4, -0.2) is 84.1 Å². The van der Waals surface area contributed by atoms with Crippen LogP contribution < -0.4 is 0 Å². The summed E-state index contributed by atoms with van der Waals surface area (Å²) in [6.45, 7) is 0. The van der Waals surface area contributed by atoms with Gasteiger partial charge in [0.2, 0.25) is 0 Å². The number of hydrogen-bond donors (Lipinski definition) is 0. The van der Waals surface area contributed by atoms with Gasteiger partial charge in [-0.25, -0.2) is 8.42 Å². The summed E-state index contributed by atoms with van der Waals surface area (Å²) in [4.78, 5) is 0. The lowest BCUT2D eigenvalue weighted by Gasteiger charge is -2.45. The molecule has 0 bridgehead atoms. The molecule has 0 unspecified atom stereocenters. The third-order valence-corrected chi connectivity index (χ3v) is 6.74. The fourth-order valence-electron chi connectivity index (χ4n) is 2.53. The Morgan fingerprint density at radius 2 is 0.523 bits per heavy atom. The molecule has 0 radical (unpaired) electrons. The predicted octanol–water partition coefficient (Wildman–Crippen LogP) is 8.29. The third-order valence-electron chi connectivity index (χ3n) is 4.89. The molecule has 0 saturated heterocycles. The minimum Gasteiger partial charge on any atom is -0.209 e. The number of quaternary nitrogens is 1. The van der Waals surface area contributed by atoms with Crippen LogP contribution in [0.1, 0.15) is 0 Å². The first-order chi connectivity index (χ1) is 18.2. The SMILES string of the molecule is O=S(=O)(C(F)(F)C(F)(F)C(F)(F)C(F)(F)C(F)(F)C(F)(F)C(F)(F)C(F)(F)F)C(F)(F)[N+](C(F)(F)F)(C(F)(F)F)C(F)(F)F. The summed E-state index contributed by atoms with van der Waals surface area (Å²) in [5.41, 5.74) is 0. The van der Waals surface area contributed by atoms with E-state index in [4.69, 9.17) is 0 Å². The highest BCUT2D eigenvalue weighted by molar-refractivity contribution is 7.93. The summed E-state index contributed by atoms with van der Waals surface area (Å²) >= 11 is 0. The van der Waals surface area contributed by atoms with Gasteiger partial charge in [-0.3, -0.25) is 0 Å². The summed E-state index contributed by atoms with van der Waals surface area (Å²) in [6, 6.07) is 0. The van der Waals surface area contributed by atoms with Crippen molar-refractivity contribution >= 4 is 9.84 Å². The van der Waals surface area contributed by atoms with Crippen molar-refractivity contribution in [2.45, 2.75) is 71.2 Å². The van der Waals surface area contributed by atoms with Gasteiger partial charge in [0.1, 0.15) is 0 Å². The van der Waals surface area contributed by atoms with E-state index in [1.54, 1.807) is 0 Å². The Morgan fingerprint density at radius 3 is 0.727 bits per heavy atom. The number of nitrogens with zero attached hydrogens (tertiary/aromatic N) is 1. The van der Waals surface area contributed by atoms with Gasteiger partial charge in [0.25, 0.3) is 0 Å². The minimum atomic E-state index is -11.0. The predicted molar refractivity (Wildman–Crippen MR) is 73.0 cm³/mol. The van der Waals surface area contributed by atoms with Gasteiger partial charge in [0, 0.05) is 4.48 Å². The Balaban J connectivity index is 7.95. The van der Waals surface area contributed by atoms with Crippen LogP contribution in [0.2, 0.25) is 0 Å². The Morgan fingerprint density at radius 1 is 0.318 bits per heavy atom. The molecule has 32 heteroatoms. The zero-order chi connectivity index (χ0) is 37.0. The molecular formula is C12F28NO2S+. The number of rotatable bonds is 9. The fourth-order valence-corrected chi connectivity index (χ4v) is 3.97. The molecule has 0 spiro atoms. The van der Waals surface area contributed by atoms with E-state index in [1.807, 2.05) is 0 Å². The lowest BCUT2D eigenvalue weighted by atomic mass is 9.91. The maximum Gasteiger partial charge on any atom is 0.582 e. The zero-order valence-corrected chi connectivity index (χ0v) is 19.1. The van der Waals surface area contributed by atoms with Crippen molar-refractivity contribution in [1.29, 1.82) is 0 Å². The lowest BCUT2D eigenvalue weighted by molar-refractivity contribution is -1.21.